The zero-order valence-electron chi connectivity index (χ0n) is 21.6. The molecule has 1 aliphatic heterocycles. The molecule has 12 heteroatoms. The largest absolute Gasteiger partial charge is 0.478 e. The number of hydrazone groups is 1. The molecule has 1 amide bonds. The number of ether oxygens (including phenoxy) is 1. The van der Waals surface area contributed by atoms with E-state index < -0.39 is 15.7 Å². The van der Waals surface area contributed by atoms with Crippen molar-refractivity contribution in [1.82, 2.24) is 19.9 Å². The highest BCUT2D eigenvalue weighted by Crippen LogP contribution is 2.33. The lowest BCUT2D eigenvalue weighted by Crippen LogP contribution is -2.27. The van der Waals surface area contributed by atoms with Gasteiger partial charge in [0.15, 0.2) is 20.7 Å². The van der Waals surface area contributed by atoms with Crippen molar-refractivity contribution in [3.05, 3.63) is 42.0 Å². The van der Waals surface area contributed by atoms with Crippen LogP contribution in [-0.4, -0.2) is 85.5 Å². The molecule has 5 rings (SSSR count). The molecule has 1 aliphatic carbocycles. The molecule has 202 valence electrons. The predicted octanol–water partition coefficient (Wildman–Crippen LogP) is 3.40. The van der Waals surface area contributed by atoms with Crippen molar-refractivity contribution in [2.75, 3.05) is 45.7 Å². The van der Waals surface area contributed by atoms with E-state index in [0.717, 1.165) is 38.9 Å². The average molecular weight is 557 g/mol. The molecule has 0 atom stereocenters. The molecule has 0 bridgehead atoms. The SMILES string of the molecule is CN(C)CCCOc1ccc2nc(NC(=O)/C(=N\N3CCCC3)c3ccc(S(=O)(=O)C4CC4)cc3)sc2n1. The highest BCUT2D eigenvalue weighted by molar-refractivity contribution is 7.92. The Kier molecular flexibility index (Phi) is 7.91. The number of nitrogens with one attached hydrogen (secondary N) is 1. The Bertz CT molecular complexity index is 1430. The Labute approximate surface area is 226 Å². The number of benzene rings is 1. The van der Waals surface area contributed by atoms with Gasteiger partial charge in [-0.2, -0.15) is 5.10 Å². The summed E-state index contributed by atoms with van der Waals surface area (Å²) >= 11 is 1.26. The van der Waals surface area contributed by atoms with Gasteiger partial charge < -0.3 is 9.64 Å². The lowest BCUT2D eigenvalue weighted by molar-refractivity contribution is -0.110. The van der Waals surface area contributed by atoms with Gasteiger partial charge in [0.25, 0.3) is 5.91 Å². The molecule has 1 saturated heterocycles. The number of pyridine rings is 1. The first-order chi connectivity index (χ1) is 18.3. The third kappa shape index (κ3) is 6.30. The van der Waals surface area contributed by atoms with E-state index >= 15 is 0 Å². The van der Waals surface area contributed by atoms with E-state index in [4.69, 9.17) is 4.74 Å². The maximum atomic E-state index is 13.4. The van der Waals surface area contributed by atoms with E-state index in [9.17, 15) is 13.2 Å². The van der Waals surface area contributed by atoms with Crippen molar-refractivity contribution < 1.29 is 17.9 Å². The van der Waals surface area contributed by atoms with Gasteiger partial charge in [0.1, 0.15) is 10.3 Å². The molecular formula is C26H32N6O4S2. The van der Waals surface area contributed by atoms with Crippen LogP contribution in [0.2, 0.25) is 0 Å². The number of fused-ring (bicyclic) bond motifs is 1. The maximum absolute atomic E-state index is 13.4. The van der Waals surface area contributed by atoms with Gasteiger partial charge in [-0.1, -0.05) is 23.5 Å². The van der Waals surface area contributed by atoms with Crippen LogP contribution >= 0.6 is 11.3 Å². The number of hydrogen-bond donors (Lipinski definition) is 1. The van der Waals surface area contributed by atoms with Crippen LogP contribution in [0.4, 0.5) is 5.13 Å². The minimum atomic E-state index is -3.31. The second-order valence-corrected chi connectivity index (χ2v) is 13.0. The minimum absolute atomic E-state index is 0.222. The fourth-order valence-electron chi connectivity index (χ4n) is 4.20. The lowest BCUT2D eigenvalue weighted by atomic mass is 10.1. The first-order valence-corrected chi connectivity index (χ1v) is 15.2. The van der Waals surface area contributed by atoms with Crippen molar-refractivity contribution in [2.24, 2.45) is 5.10 Å². The van der Waals surface area contributed by atoms with Crippen LogP contribution in [0.15, 0.2) is 46.4 Å². The van der Waals surface area contributed by atoms with E-state index in [1.165, 1.54) is 11.3 Å². The fourth-order valence-corrected chi connectivity index (χ4v) is 6.68. The highest BCUT2D eigenvalue weighted by atomic mass is 32.2. The van der Waals surface area contributed by atoms with E-state index in [1.54, 1.807) is 30.3 Å². The first kappa shape index (κ1) is 26.5. The molecule has 0 spiro atoms. The molecule has 3 aromatic rings. The predicted molar refractivity (Wildman–Crippen MR) is 149 cm³/mol. The van der Waals surface area contributed by atoms with E-state index in [1.807, 2.05) is 25.2 Å². The number of rotatable bonds is 11. The molecule has 1 saturated carbocycles. The average Bonchev–Trinajstić information content (AvgIpc) is 3.50. The zero-order chi connectivity index (χ0) is 26.7. The number of carbonyl (C=O) groups excluding carboxylic acids is 1. The summed E-state index contributed by atoms with van der Waals surface area (Å²) in [5.74, 6) is 0.115. The molecule has 1 aromatic carbocycles. The number of thiazole rings is 1. The summed E-state index contributed by atoms with van der Waals surface area (Å²) in [5, 5.41) is 9.50. The highest BCUT2D eigenvalue weighted by Gasteiger charge is 2.36. The van der Waals surface area contributed by atoms with Gasteiger partial charge in [-0.25, -0.2) is 18.4 Å². The number of nitrogens with zero attached hydrogens (tertiary/aromatic N) is 5. The third-order valence-corrected chi connectivity index (χ3v) is 9.57. The molecular weight excluding hydrogens is 524 g/mol. The van der Waals surface area contributed by atoms with Crippen LogP contribution in [-0.2, 0) is 14.6 Å². The standard InChI is InChI=1S/C26H32N6O4S2/c1-31(2)14-5-17-36-22-13-12-21-25(28-22)37-26(27-21)29-24(33)23(30-32-15-3-4-16-32)18-6-8-19(9-7-18)38(34,35)20-10-11-20/h6-9,12-13,20H,3-5,10-11,14-17H2,1-2H3,(H,27,29,33)/b30-23-. The minimum Gasteiger partial charge on any atom is -0.478 e. The summed E-state index contributed by atoms with van der Waals surface area (Å²) in [6.45, 7) is 3.04. The first-order valence-electron chi connectivity index (χ1n) is 12.8. The topological polar surface area (TPSA) is 117 Å². The summed E-state index contributed by atoms with van der Waals surface area (Å²) in [6, 6.07) is 10.1. The number of aromatic nitrogens is 2. The van der Waals surface area contributed by atoms with Crippen molar-refractivity contribution in [3.8, 4) is 5.88 Å². The van der Waals surface area contributed by atoms with Crippen molar-refractivity contribution in [3.63, 3.8) is 0 Å². The summed E-state index contributed by atoms with van der Waals surface area (Å²) in [6.07, 6.45) is 4.33. The molecule has 3 heterocycles. The van der Waals surface area contributed by atoms with E-state index in [0.29, 0.717) is 46.4 Å². The molecule has 38 heavy (non-hydrogen) atoms. The number of sulfone groups is 1. The fraction of sp³-hybridized carbons (Fsp3) is 0.462. The van der Waals surface area contributed by atoms with Gasteiger partial charge in [0.05, 0.1) is 16.8 Å². The molecule has 2 aliphatic rings. The zero-order valence-corrected chi connectivity index (χ0v) is 23.2. The Morgan fingerprint density at radius 1 is 1.13 bits per heavy atom. The quantitative estimate of drug-likeness (QED) is 0.282. The molecule has 2 fully saturated rings. The van der Waals surface area contributed by atoms with Gasteiger partial charge in [-0.3, -0.25) is 15.1 Å². The Balaban J connectivity index is 1.33. The lowest BCUT2D eigenvalue weighted by Gasteiger charge is -2.14. The van der Waals surface area contributed by atoms with Gasteiger partial charge in [0.2, 0.25) is 5.88 Å². The monoisotopic (exact) mass is 556 g/mol. The van der Waals surface area contributed by atoms with E-state index in [-0.39, 0.29) is 15.9 Å². The number of hydrogen-bond acceptors (Lipinski definition) is 10. The number of amides is 1. The smallest absolute Gasteiger partial charge is 0.278 e. The van der Waals surface area contributed by atoms with E-state index in [2.05, 4.69) is 25.3 Å². The van der Waals surface area contributed by atoms with Crippen LogP contribution in [0.25, 0.3) is 10.3 Å². The second kappa shape index (κ2) is 11.3. The van der Waals surface area contributed by atoms with Crippen LogP contribution in [0.3, 0.4) is 0 Å². The van der Waals surface area contributed by atoms with Crippen molar-refractivity contribution >= 4 is 48.3 Å². The van der Waals surface area contributed by atoms with Gasteiger partial charge in [-0.05, 0) is 64.4 Å². The van der Waals surface area contributed by atoms with Gasteiger partial charge in [-0.15, -0.1) is 0 Å². The summed E-state index contributed by atoms with van der Waals surface area (Å²) in [4.78, 5) is 25.5. The van der Waals surface area contributed by atoms with Crippen LogP contribution in [0.5, 0.6) is 5.88 Å². The molecule has 10 nitrogen and oxygen atoms in total. The molecule has 1 N–H and O–H groups in total. The Morgan fingerprint density at radius 2 is 1.87 bits per heavy atom. The van der Waals surface area contributed by atoms with Crippen molar-refractivity contribution in [1.29, 1.82) is 0 Å². The van der Waals surface area contributed by atoms with Gasteiger partial charge >= 0.3 is 0 Å². The van der Waals surface area contributed by atoms with Crippen LogP contribution < -0.4 is 10.1 Å². The van der Waals surface area contributed by atoms with Crippen LogP contribution in [0.1, 0.15) is 37.7 Å². The summed E-state index contributed by atoms with van der Waals surface area (Å²) in [5.41, 5.74) is 1.44. The third-order valence-electron chi connectivity index (χ3n) is 6.41. The second-order valence-electron chi connectivity index (χ2n) is 9.83. The maximum Gasteiger partial charge on any atom is 0.278 e. The molecule has 0 radical (unpaired) electrons. The Morgan fingerprint density at radius 3 is 2.55 bits per heavy atom. The van der Waals surface area contributed by atoms with Crippen LogP contribution in [0, 0.1) is 0 Å². The summed E-state index contributed by atoms with van der Waals surface area (Å²) in [7, 11) is 0.735. The van der Waals surface area contributed by atoms with Crippen molar-refractivity contribution in [2.45, 2.75) is 42.2 Å². The normalized spacial score (nSPS) is 16.4. The number of anilines is 1. The summed E-state index contributed by atoms with van der Waals surface area (Å²) < 4.78 is 31.0. The Hall–Kier alpha value is -3.09. The number of carbonyl (C=O) groups is 1. The molecule has 0 unspecified atom stereocenters. The molecule has 2 aromatic heterocycles. The van der Waals surface area contributed by atoms with Gasteiger partial charge in [0, 0.05) is 31.3 Å².